The van der Waals surface area contributed by atoms with Crippen LogP contribution in [0.25, 0.3) is 43.1 Å². The summed E-state index contributed by atoms with van der Waals surface area (Å²) in [7, 11) is -54.1. The summed E-state index contributed by atoms with van der Waals surface area (Å²) < 4.78 is 357. The van der Waals surface area contributed by atoms with Gasteiger partial charge in [0.25, 0.3) is 101 Å². The predicted molar refractivity (Wildman–Crippen MR) is 449 cm³/mol. The third-order valence-corrected chi connectivity index (χ3v) is 27.6. The Kier molecular flexibility index (Phi) is 25.1. The monoisotopic (exact) mass is 2010 g/mol. The van der Waals surface area contributed by atoms with Gasteiger partial charge >= 0.3 is 0 Å². The Hall–Kier alpha value is -12.3. The number of hydrogen-bond acceptors (Lipinski definition) is 43. The second-order valence-corrected chi connectivity index (χ2v) is 41.1. The number of benzene rings is 10. The van der Waals surface area contributed by atoms with Gasteiger partial charge in [0.2, 0.25) is 34.4 Å². The van der Waals surface area contributed by atoms with Crippen molar-refractivity contribution in [1.29, 1.82) is 0 Å². The SMILES string of the molecule is Nc1c(N=Nc2cc(Nc3nc(Cl)nc(NCCN4CCN(c5nc(Cl)nc(Nc6ccc(S(=O)(=O)O)c(N=Nc7c(S(=O)(=O)O)cc8cc(S(=O)(=O)O)c(N=Nc9ccc%10c(S(=O)(=O)O)cccc%10c9S(=O)(=O)O)c(O)c8c7N)c6)n5)CC4)n3)ccc2S(=O)(=O)O)c(S(=O)(=O)O)cc2cc(S(=O)(=O)O)c(N=Nc3ccc4c(S(=O)(=O)O)cccc4c3S(=O)(=O)O)c(O)c12. The molecule has 0 bridgehead atoms. The van der Waals surface area contributed by atoms with Crippen molar-refractivity contribution < 1.29 is 140 Å². The molecule has 0 unspecified atom stereocenters. The molecule has 678 valence electrons. The number of nitrogens with zero attached hydrogens (tertiary/aromatic N) is 16. The standard InChI is InChI=1S/C64H51Cl2N21O32S10/c65-59-72-61(76-62(73-59)70-29-7-13-41(122(96,97)98)37(25-29)80-82-51-43(124(102,103)104)21-27-23-45(126(108,109)110)53(55(88)47(27)49(51)67)84-78-35-11-9-31-33(57(35)128(114,115)116)3-1-5-39(31)120(90,91)92)69-15-16-86-17-19-87(20-18-86)64-75-60(66)74-63(77-64)71-30-8-14-42(123(99,100)101)38(26-30)81-83-52-44(125(105,106)107)22-28-24-46(127(111,112)113)54(56(89)48(28)50(52)68)85-79-36-12-10-32-34(58(36)129(117,118)119)4-2-6-40(32)121(93,94)95/h1-14,21-26,88-89H,15-20,67-68H2,(H,90,91,92)(H,93,94,95)(H,96,97,98)(H,99,100,101)(H,102,103,104)(H,105,106,107)(H,108,109,110)(H,111,112,113)(H,114,115,116)(H,117,118,119)(H,71,74,75,77)(H2,69,70,72,73,76). The lowest BCUT2D eigenvalue weighted by Gasteiger charge is -2.34. The Balaban J connectivity index is 0.709. The van der Waals surface area contributed by atoms with Gasteiger partial charge in [0.15, 0.2) is 11.5 Å². The van der Waals surface area contributed by atoms with Crippen molar-refractivity contribution in [2.45, 2.75) is 49.0 Å². The maximum absolute atomic E-state index is 13.0. The van der Waals surface area contributed by atoms with Gasteiger partial charge in [0.05, 0.1) is 22.1 Å². The van der Waals surface area contributed by atoms with E-state index in [0.29, 0.717) is 37.4 Å². The smallest absolute Gasteiger partial charge is 0.297 e. The van der Waals surface area contributed by atoms with Crippen LogP contribution in [0.2, 0.25) is 10.6 Å². The minimum absolute atomic E-state index is 0.0159. The fourth-order valence-electron chi connectivity index (χ4n) is 12.9. The Morgan fingerprint density at radius 2 is 0.682 bits per heavy atom. The van der Waals surface area contributed by atoms with E-state index in [1.807, 2.05) is 4.90 Å². The molecular formula is C64H51Cl2N21O32S10. The lowest BCUT2D eigenvalue weighted by atomic mass is 10.1. The molecule has 0 aliphatic carbocycles. The van der Waals surface area contributed by atoms with Crippen molar-refractivity contribution in [2.24, 2.45) is 40.9 Å². The maximum atomic E-state index is 13.0. The number of azo groups is 4. The zero-order valence-electron chi connectivity index (χ0n) is 63.0. The van der Waals surface area contributed by atoms with E-state index in [2.05, 4.69) is 86.8 Å². The summed E-state index contributed by atoms with van der Waals surface area (Å²) in [5.74, 6) is -3.65. The number of phenolic OH excluding ortho intramolecular Hbond substituents is 2. The highest BCUT2D eigenvalue weighted by Crippen LogP contribution is 2.52. The van der Waals surface area contributed by atoms with Gasteiger partial charge in [-0.25, -0.2) is 0 Å². The zero-order valence-corrected chi connectivity index (χ0v) is 72.6. The molecule has 0 atom stereocenters. The van der Waals surface area contributed by atoms with Gasteiger partial charge in [-0.3, -0.25) is 50.4 Å². The van der Waals surface area contributed by atoms with Crippen LogP contribution in [0.15, 0.2) is 211 Å². The molecule has 13 rings (SSSR count). The maximum Gasteiger partial charge on any atom is 0.297 e. The van der Waals surface area contributed by atoms with Crippen LogP contribution < -0.4 is 32.3 Å². The highest BCUT2D eigenvalue weighted by atomic mass is 35.5. The number of rotatable bonds is 27. The molecule has 129 heavy (non-hydrogen) atoms. The van der Waals surface area contributed by atoms with E-state index in [1.54, 1.807) is 4.90 Å². The van der Waals surface area contributed by atoms with E-state index in [1.165, 1.54) is 0 Å². The van der Waals surface area contributed by atoms with Crippen LogP contribution in [0, 0.1) is 0 Å². The fourth-order valence-corrected chi connectivity index (χ4v) is 20.2. The van der Waals surface area contributed by atoms with Gasteiger partial charge < -0.3 is 42.5 Å². The number of hydrogen-bond donors (Lipinski definition) is 17. The normalized spacial score (nSPS) is 14.1. The van der Waals surface area contributed by atoms with E-state index >= 15 is 0 Å². The molecular weight excluding hydrogens is 1970 g/mol. The van der Waals surface area contributed by atoms with Gasteiger partial charge in [-0.05, 0) is 119 Å². The van der Waals surface area contributed by atoms with Crippen molar-refractivity contribution in [2.75, 3.05) is 71.6 Å². The molecule has 0 amide bonds. The molecule has 53 nitrogen and oxygen atoms in total. The van der Waals surface area contributed by atoms with Crippen LogP contribution in [0.4, 0.5) is 92.0 Å². The molecule has 3 heterocycles. The summed E-state index contributed by atoms with van der Waals surface area (Å²) in [6, 6.07) is 16.0. The molecule has 1 aliphatic rings. The Labute approximate surface area is 733 Å². The van der Waals surface area contributed by atoms with Gasteiger partial charge in [0.1, 0.15) is 94.5 Å². The van der Waals surface area contributed by atoms with Gasteiger partial charge in [-0.1, -0.05) is 36.4 Å². The van der Waals surface area contributed by atoms with Gasteiger partial charge in [-0.15, -0.1) is 40.9 Å². The molecule has 0 saturated carbocycles. The molecule has 0 spiro atoms. The molecule has 1 saturated heterocycles. The van der Waals surface area contributed by atoms with Crippen LogP contribution in [-0.2, 0) is 101 Å². The van der Waals surface area contributed by atoms with Crippen molar-refractivity contribution >= 4 is 260 Å². The Bertz CT molecular complexity index is 8280. The van der Waals surface area contributed by atoms with Gasteiger partial charge in [-0.2, -0.15) is 114 Å². The van der Waals surface area contributed by atoms with Crippen molar-refractivity contribution in [3.63, 3.8) is 0 Å². The molecule has 65 heteroatoms. The third-order valence-electron chi connectivity index (χ3n) is 18.3. The van der Waals surface area contributed by atoms with Crippen LogP contribution in [-0.4, -0.2) is 214 Å². The van der Waals surface area contributed by atoms with E-state index in [0.717, 1.165) is 97.1 Å². The summed E-state index contributed by atoms with van der Waals surface area (Å²) >= 11 is 12.7. The number of fused-ring (bicyclic) bond motifs is 4. The second-order valence-electron chi connectivity index (χ2n) is 26.5. The number of halogens is 2. The highest BCUT2D eigenvalue weighted by Gasteiger charge is 2.34. The number of anilines is 8. The lowest BCUT2D eigenvalue weighted by Crippen LogP contribution is -2.48. The lowest BCUT2D eigenvalue weighted by molar-refractivity contribution is 0.266. The number of aromatic nitrogens is 6. The first-order chi connectivity index (χ1) is 59.7. The molecule has 0 radical (unpaired) electrons. The van der Waals surface area contributed by atoms with Crippen molar-refractivity contribution in [3.05, 3.63) is 132 Å². The topological polar surface area (TPSA) is 855 Å². The number of nitrogen functional groups attached to an aromatic ring is 2. The molecule has 2 aromatic heterocycles. The summed E-state index contributed by atoms with van der Waals surface area (Å²) in [5, 5.41) is 55.2. The second kappa shape index (κ2) is 34.3. The molecule has 10 aromatic carbocycles. The van der Waals surface area contributed by atoms with E-state index in [-0.39, 0.29) is 61.3 Å². The third kappa shape index (κ3) is 20.3. The minimum atomic E-state index is -5.61. The average Bonchev–Trinajstić information content (AvgIpc) is 0.747. The van der Waals surface area contributed by atoms with Crippen LogP contribution >= 0.6 is 23.2 Å². The van der Waals surface area contributed by atoms with Crippen LogP contribution in [0.3, 0.4) is 0 Å². The van der Waals surface area contributed by atoms with Crippen LogP contribution in [0.5, 0.6) is 11.5 Å². The first-order valence-corrected chi connectivity index (χ1v) is 49.5. The van der Waals surface area contributed by atoms with Crippen molar-refractivity contribution in [3.8, 4) is 11.5 Å². The molecule has 1 fully saturated rings. The number of nitrogens with one attached hydrogen (secondary N) is 3. The summed E-state index contributed by atoms with van der Waals surface area (Å²) in [4.78, 5) is 17.1. The fraction of sp³-hybridized carbons (Fsp3) is 0.0938. The molecule has 1 aliphatic heterocycles. The van der Waals surface area contributed by atoms with E-state index < -0.39 is 272 Å². The van der Waals surface area contributed by atoms with Crippen LogP contribution in [0.1, 0.15) is 0 Å². The first-order valence-electron chi connectivity index (χ1n) is 34.4. The van der Waals surface area contributed by atoms with Gasteiger partial charge in [0, 0.05) is 72.2 Å². The minimum Gasteiger partial charge on any atom is -0.505 e. The summed E-state index contributed by atoms with van der Waals surface area (Å²) in [5.41, 5.74) is 1.99. The number of aromatic hydroxyl groups is 2. The first kappa shape index (κ1) is 94.3. The highest BCUT2D eigenvalue weighted by molar-refractivity contribution is 7.88. The number of nitrogens with two attached hydrogens (primary N) is 2. The zero-order chi connectivity index (χ0) is 94.5. The quantitative estimate of drug-likeness (QED) is 0.0129. The number of phenols is 2. The van der Waals surface area contributed by atoms with E-state index in [9.17, 15) is 140 Å². The Morgan fingerprint density at radius 3 is 1.05 bits per heavy atom. The van der Waals surface area contributed by atoms with Crippen molar-refractivity contribution in [1.82, 2.24) is 34.8 Å². The largest absolute Gasteiger partial charge is 0.505 e. The summed E-state index contributed by atoms with van der Waals surface area (Å²) in [6.45, 7) is 1.43. The predicted octanol–water partition coefficient (Wildman–Crippen LogP) is 9.40. The molecule has 12 aromatic rings. The number of piperazine rings is 1. The Morgan fingerprint density at radius 1 is 0.341 bits per heavy atom. The average molecular weight is 2020 g/mol. The van der Waals surface area contributed by atoms with E-state index in [4.69, 9.17) is 34.7 Å². The molecule has 19 N–H and O–H groups in total. The summed E-state index contributed by atoms with van der Waals surface area (Å²) in [6.07, 6.45) is 0.